The third-order valence-corrected chi connectivity index (χ3v) is 2.57. The highest BCUT2D eigenvalue weighted by Gasteiger charge is 2.09. The lowest BCUT2D eigenvalue weighted by atomic mass is 10.4. The summed E-state index contributed by atoms with van der Waals surface area (Å²) in [4.78, 5) is 24.3. The molecule has 0 radical (unpaired) electrons. The zero-order valence-corrected chi connectivity index (χ0v) is 9.28. The number of nitrogens with one attached hydrogen (secondary N) is 1. The summed E-state index contributed by atoms with van der Waals surface area (Å²) in [5.74, 6) is -0.0662. The first-order chi connectivity index (χ1) is 7.65. The Kier molecular flexibility index (Phi) is 2.78. The predicted molar refractivity (Wildman–Crippen MR) is 61.2 cm³/mol. The minimum Gasteiger partial charge on any atom is -0.382 e. The van der Waals surface area contributed by atoms with Crippen LogP contribution in [0.25, 0.3) is 0 Å². The first-order valence-corrected chi connectivity index (χ1v) is 5.28. The third kappa shape index (κ3) is 2.31. The SMILES string of the molecule is Cc1cnc(NC(=O)c2cnc(N)cn2)s1. The highest BCUT2D eigenvalue weighted by molar-refractivity contribution is 7.15. The molecule has 6 nitrogen and oxygen atoms in total. The van der Waals surface area contributed by atoms with Gasteiger partial charge in [-0.25, -0.2) is 15.0 Å². The van der Waals surface area contributed by atoms with Crippen LogP contribution in [0.3, 0.4) is 0 Å². The zero-order chi connectivity index (χ0) is 11.5. The van der Waals surface area contributed by atoms with E-state index in [9.17, 15) is 4.79 Å². The summed E-state index contributed by atoms with van der Waals surface area (Å²) in [6, 6.07) is 0. The Morgan fingerprint density at radius 2 is 2.12 bits per heavy atom. The van der Waals surface area contributed by atoms with Gasteiger partial charge in [-0.2, -0.15) is 0 Å². The molecule has 0 aliphatic rings. The minimum atomic E-state index is -0.346. The number of carbonyl (C=O) groups excluding carboxylic acids is 1. The van der Waals surface area contributed by atoms with Crippen molar-refractivity contribution in [1.29, 1.82) is 0 Å². The summed E-state index contributed by atoms with van der Waals surface area (Å²) in [7, 11) is 0. The van der Waals surface area contributed by atoms with Crippen molar-refractivity contribution in [3.8, 4) is 0 Å². The molecule has 0 bridgehead atoms. The molecule has 3 N–H and O–H groups in total. The Morgan fingerprint density at radius 3 is 2.69 bits per heavy atom. The van der Waals surface area contributed by atoms with Gasteiger partial charge in [0.25, 0.3) is 5.91 Å². The summed E-state index contributed by atoms with van der Waals surface area (Å²) in [5, 5.41) is 3.17. The van der Waals surface area contributed by atoms with Crippen LogP contribution < -0.4 is 11.1 Å². The number of aryl methyl sites for hydroxylation is 1. The maximum absolute atomic E-state index is 11.6. The Labute approximate surface area is 95.6 Å². The van der Waals surface area contributed by atoms with Crippen LogP contribution in [-0.2, 0) is 0 Å². The van der Waals surface area contributed by atoms with Crippen molar-refractivity contribution >= 4 is 28.2 Å². The number of thiazole rings is 1. The van der Waals surface area contributed by atoms with Crippen molar-refractivity contribution in [2.24, 2.45) is 0 Å². The summed E-state index contributed by atoms with van der Waals surface area (Å²) in [6.45, 7) is 1.91. The topological polar surface area (TPSA) is 93.8 Å². The van der Waals surface area contributed by atoms with E-state index in [1.165, 1.54) is 23.7 Å². The fourth-order valence-corrected chi connectivity index (χ4v) is 1.69. The van der Waals surface area contributed by atoms with Crippen molar-refractivity contribution in [3.05, 3.63) is 29.2 Å². The van der Waals surface area contributed by atoms with Crippen molar-refractivity contribution in [2.45, 2.75) is 6.92 Å². The average Bonchev–Trinajstić information content (AvgIpc) is 2.65. The largest absolute Gasteiger partial charge is 0.382 e. The molecule has 0 fully saturated rings. The summed E-state index contributed by atoms with van der Waals surface area (Å²) >= 11 is 1.40. The van der Waals surface area contributed by atoms with E-state index in [0.717, 1.165) is 4.88 Å². The monoisotopic (exact) mass is 235 g/mol. The fraction of sp³-hybridized carbons (Fsp3) is 0.111. The van der Waals surface area contributed by atoms with Gasteiger partial charge in [0, 0.05) is 11.1 Å². The molecule has 0 unspecified atom stereocenters. The molecule has 16 heavy (non-hydrogen) atoms. The van der Waals surface area contributed by atoms with Crippen LogP contribution in [0.15, 0.2) is 18.6 Å². The second-order valence-corrected chi connectivity index (χ2v) is 4.29. The third-order valence-electron chi connectivity index (χ3n) is 1.75. The molecule has 7 heteroatoms. The molecule has 0 atom stereocenters. The van der Waals surface area contributed by atoms with E-state index in [2.05, 4.69) is 20.3 Å². The van der Waals surface area contributed by atoms with Gasteiger partial charge in [-0.05, 0) is 6.92 Å². The smallest absolute Gasteiger partial charge is 0.277 e. The van der Waals surface area contributed by atoms with Gasteiger partial charge < -0.3 is 5.73 Å². The number of aromatic nitrogens is 3. The Hall–Kier alpha value is -2.02. The van der Waals surface area contributed by atoms with Gasteiger partial charge in [-0.1, -0.05) is 0 Å². The van der Waals surface area contributed by atoms with Crippen molar-refractivity contribution in [3.63, 3.8) is 0 Å². The molecule has 2 aromatic rings. The van der Waals surface area contributed by atoms with Crippen LogP contribution in [0.4, 0.5) is 10.9 Å². The van der Waals surface area contributed by atoms with Crippen LogP contribution in [0.1, 0.15) is 15.4 Å². The van der Waals surface area contributed by atoms with Crippen molar-refractivity contribution < 1.29 is 4.79 Å². The Bertz CT molecular complexity index is 507. The maximum Gasteiger partial charge on any atom is 0.277 e. The molecule has 0 aliphatic carbocycles. The highest BCUT2D eigenvalue weighted by atomic mass is 32.1. The van der Waals surface area contributed by atoms with E-state index in [1.54, 1.807) is 6.20 Å². The molecule has 0 spiro atoms. The lowest BCUT2D eigenvalue weighted by Crippen LogP contribution is -2.14. The molecule has 0 aliphatic heterocycles. The zero-order valence-electron chi connectivity index (χ0n) is 8.47. The number of hydrogen-bond donors (Lipinski definition) is 2. The van der Waals surface area contributed by atoms with Gasteiger partial charge in [-0.15, -0.1) is 11.3 Å². The fourth-order valence-electron chi connectivity index (χ4n) is 1.03. The molecule has 0 aromatic carbocycles. The maximum atomic E-state index is 11.6. The normalized spacial score (nSPS) is 10.1. The van der Waals surface area contributed by atoms with Gasteiger partial charge in [0.1, 0.15) is 11.5 Å². The van der Waals surface area contributed by atoms with Gasteiger partial charge in [-0.3, -0.25) is 10.1 Å². The molecule has 0 saturated carbocycles. The summed E-state index contributed by atoms with van der Waals surface area (Å²) < 4.78 is 0. The summed E-state index contributed by atoms with van der Waals surface area (Å²) in [5.41, 5.74) is 5.58. The number of anilines is 2. The molecular formula is C9H9N5OS. The first-order valence-electron chi connectivity index (χ1n) is 4.46. The minimum absolute atomic E-state index is 0.210. The van der Waals surface area contributed by atoms with E-state index in [1.807, 2.05) is 6.92 Å². The van der Waals surface area contributed by atoms with Crippen LogP contribution in [0.2, 0.25) is 0 Å². The quantitative estimate of drug-likeness (QED) is 0.812. The molecule has 82 valence electrons. The Balaban J connectivity index is 2.11. The lowest BCUT2D eigenvalue weighted by molar-refractivity contribution is 0.102. The van der Waals surface area contributed by atoms with Gasteiger partial charge in [0.2, 0.25) is 0 Å². The molecule has 2 heterocycles. The second kappa shape index (κ2) is 4.23. The number of amides is 1. The predicted octanol–water partition coefficient (Wildman–Crippen LogP) is 1.08. The molecule has 1 amide bonds. The molecule has 0 saturated heterocycles. The van der Waals surface area contributed by atoms with E-state index < -0.39 is 0 Å². The average molecular weight is 235 g/mol. The molecule has 2 rings (SSSR count). The second-order valence-electron chi connectivity index (χ2n) is 3.06. The van der Waals surface area contributed by atoms with Crippen LogP contribution in [0, 0.1) is 6.92 Å². The number of nitrogen functional groups attached to an aromatic ring is 1. The number of nitrogens with zero attached hydrogens (tertiary/aromatic N) is 3. The number of carbonyl (C=O) groups is 1. The van der Waals surface area contributed by atoms with E-state index in [4.69, 9.17) is 5.73 Å². The van der Waals surface area contributed by atoms with E-state index in [0.29, 0.717) is 5.13 Å². The number of hydrogen-bond acceptors (Lipinski definition) is 6. The summed E-state index contributed by atoms with van der Waals surface area (Å²) in [6.07, 6.45) is 4.35. The first kappa shape index (κ1) is 10.5. The van der Waals surface area contributed by atoms with Gasteiger partial charge >= 0.3 is 0 Å². The van der Waals surface area contributed by atoms with Gasteiger partial charge in [0.15, 0.2) is 5.13 Å². The van der Waals surface area contributed by atoms with Crippen LogP contribution in [-0.4, -0.2) is 20.9 Å². The van der Waals surface area contributed by atoms with Crippen LogP contribution >= 0.6 is 11.3 Å². The number of nitrogens with two attached hydrogens (primary N) is 1. The molecular weight excluding hydrogens is 226 g/mol. The Morgan fingerprint density at radius 1 is 1.31 bits per heavy atom. The molecule has 2 aromatic heterocycles. The van der Waals surface area contributed by atoms with Gasteiger partial charge in [0.05, 0.1) is 12.4 Å². The van der Waals surface area contributed by atoms with E-state index in [-0.39, 0.29) is 17.4 Å². The number of rotatable bonds is 2. The van der Waals surface area contributed by atoms with Crippen molar-refractivity contribution in [2.75, 3.05) is 11.1 Å². The van der Waals surface area contributed by atoms with E-state index >= 15 is 0 Å². The van der Waals surface area contributed by atoms with Crippen molar-refractivity contribution in [1.82, 2.24) is 15.0 Å². The lowest BCUT2D eigenvalue weighted by Gasteiger charge is -2.00. The standard InChI is InChI=1S/C9H9N5OS/c1-5-2-13-9(16-5)14-8(15)6-3-12-7(10)4-11-6/h2-4H,1H3,(H2,10,12)(H,13,14,15). The highest BCUT2D eigenvalue weighted by Crippen LogP contribution is 2.16. The van der Waals surface area contributed by atoms with Crippen LogP contribution in [0.5, 0.6) is 0 Å².